The van der Waals surface area contributed by atoms with E-state index in [1.54, 1.807) is 14.2 Å². The summed E-state index contributed by atoms with van der Waals surface area (Å²) in [6.45, 7) is 3.22. The van der Waals surface area contributed by atoms with Gasteiger partial charge in [-0.2, -0.15) is 0 Å². The summed E-state index contributed by atoms with van der Waals surface area (Å²) in [5, 5.41) is 0. The number of methoxy groups -OCH3 is 2. The van der Waals surface area contributed by atoms with Gasteiger partial charge in [-0.15, -0.1) is 0 Å². The lowest BCUT2D eigenvalue weighted by Crippen LogP contribution is -2.14. The van der Waals surface area contributed by atoms with E-state index in [0.717, 1.165) is 11.3 Å². The van der Waals surface area contributed by atoms with Crippen molar-refractivity contribution in [1.29, 1.82) is 0 Å². The van der Waals surface area contributed by atoms with Crippen molar-refractivity contribution in [2.75, 3.05) is 20.8 Å². The molecule has 0 saturated carbocycles. The van der Waals surface area contributed by atoms with Crippen LogP contribution in [0.5, 0.6) is 5.75 Å². The zero-order valence-corrected chi connectivity index (χ0v) is 9.53. The smallest absolute Gasteiger partial charge is 0.118 e. The molecular formula is C12H18O3. The predicted octanol–water partition coefficient (Wildman–Crippen LogP) is 2.25. The van der Waals surface area contributed by atoms with E-state index in [4.69, 9.17) is 14.2 Å². The summed E-state index contributed by atoms with van der Waals surface area (Å²) in [5.74, 6) is 0.865. The maximum Gasteiger partial charge on any atom is 0.118 e. The third-order valence-electron chi connectivity index (χ3n) is 2.09. The van der Waals surface area contributed by atoms with E-state index < -0.39 is 0 Å². The molecule has 0 bridgehead atoms. The van der Waals surface area contributed by atoms with Crippen LogP contribution < -0.4 is 4.74 Å². The molecule has 1 rings (SSSR count). The Bertz CT molecular complexity index is 269. The van der Waals surface area contributed by atoms with Crippen LogP contribution in [0, 0.1) is 0 Å². The molecule has 1 aromatic carbocycles. The van der Waals surface area contributed by atoms with Crippen molar-refractivity contribution >= 4 is 0 Å². The van der Waals surface area contributed by atoms with Crippen molar-refractivity contribution in [1.82, 2.24) is 0 Å². The molecule has 0 heterocycles. The average molecular weight is 210 g/mol. The zero-order chi connectivity index (χ0) is 11.1. The Kier molecular flexibility index (Phi) is 5.15. The molecule has 0 aliphatic carbocycles. The fraction of sp³-hybridized carbons (Fsp3) is 0.500. The van der Waals surface area contributed by atoms with Gasteiger partial charge in [0.1, 0.15) is 5.75 Å². The molecule has 0 aromatic heterocycles. The fourth-order valence-corrected chi connectivity index (χ4v) is 1.24. The van der Waals surface area contributed by atoms with Crippen molar-refractivity contribution in [3.05, 3.63) is 29.8 Å². The van der Waals surface area contributed by atoms with Crippen LogP contribution in [0.4, 0.5) is 0 Å². The second-order valence-electron chi connectivity index (χ2n) is 3.43. The number of rotatable bonds is 6. The molecule has 3 heteroatoms. The number of hydrogen-bond donors (Lipinski definition) is 0. The van der Waals surface area contributed by atoms with Gasteiger partial charge in [-0.25, -0.2) is 0 Å². The summed E-state index contributed by atoms with van der Waals surface area (Å²) in [6.07, 6.45) is 0.122. The summed E-state index contributed by atoms with van der Waals surface area (Å²) in [4.78, 5) is 0. The van der Waals surface area contributed by atoms with Crippen LogP contribution in [-0.2, 0) is 16.1 Å². The molecule has 0 fully saturated rings. The van der Waals surface area contributed by atoms with E-state index in [-0.39, 0.29) is 6.10 Å². The quantitative estimate of drug-likeness (QED) is 0.720. The van der Waals surface area contributed by atoms with E-state index in [0.29, 0.717) is 13.2 Å². The number of ether oxygens (including phenoxy) is 3. The summed E-state index contributed by atoms with van der Waals surface area (Å²) >= 11 is 0. The molecule has 15 heavy (non-hydrogen) atoms. The topological polar surface area (TPSA) is 27.7 Å². The summed E-state index contributed by atoms with van der Waals surface area (Å²) in [5.41, 5.74) is 1.14. The van der Waals surface area contributed by atoms with Gasteiger partial charge in [-0.3, -0.25) is 0 Å². The van der Waals surface area contributed by atoms with Crippen LogP contribution in [0.1, 0.15) is 12.5 Å². The third-order valence-corrected chi connectivity index (χ3v) is 2.09. The van der Waals surface area contributed by atoms with E-state index in [1.807, 2.05) is 31.2 Å². The maximum atomic E-state index is 5.58. The molecule has 0 N–H and O–H groups in total. The minimum absolute atomic E-state index is 0.122. The lowest BCUT2D eigenvalue weighted by molar-refractivity contribution is -0.000134. The van der Waals surface area contributed by atoms with Gasteiger partial charge in [0.15, 0.2) is 0 Å². The first-order chi connectivity index (χ1) is 7.26. The summed E-state index contributed by atoms with van der Waals surface area (Å²) in [6, 6.07) is 7.86. The highest BCUT2D eigenvalue weighted by atomic mass is 16.5. The highest BCUT2D eigenvalue weighted by Crippen LogP contribution is 2.12. The van der Waals surface area contributed by atoms with Gasteiger partial charge in [0.2, 0.25) is 0 Å². The van der Waals surface area contributed by atoms with E-state index in [1.165, 1.54) is 0 Å². The van der Waals surface area contributed by atoms with Crippen LogP contribution in [0.25, 0.3) is 0 Å². The normalized spacial score (nSPS) is 12.5. The van der Waals surface area contributed by atoms with Gasteiger partial charge in [-0.1, -0.05) is 12.1 Å². The molecule has 0 aliphatic heterocycles. The molecule has 1 aromatic rings. The van der Waals surface area contributed by atoms with Crippen LogP contribution in [-0.4, -0.2) is 26.9 Å². The Morgan fingerprint density at radius 2 is 1.80 bits per heavy atom. The molecular weight excluding hydrogens is 192 g/mol. The Hall–Kier alpha value is -1.06. The molecule has 0 amide bonds. The average Bonchev–Trinajstić information content (AvgIpc) is 2.27. The maximum absolute atomic E-state index is 5.58. The minimum Gasteiger partial charge on any atom is -0.497 e. The van der Waals surface area contributed by atoms with Gasteiger partial charge in [-0.05, 0) is 24.6 Å². The summed E-state index contributed by atoms with van der Waals surface area (Å²) < 4.78 is 15.6. The zero-order valence-electron chi connectivity index (χ0n) is 9.53. The molecule has 1 atom stereocenters. The monoisotopic (exact) mass is 210 g/mol. The van der Waals surface area contributed by atoms with Crippen molar-refractivity contribution in [3.63, 3.8) is 0 Å². The number of hydrogen-bond acceptors (Lipinski definition) is 3. The van der Waals surface area contributed by atoms with Crippen LogP contribution >= 0.6 is 0 Å². The Balaban J connectivity index is 2.37. The first-order valence-electron chi connectivity index (χ1n) is 4.99. The van der Waals surface area contributed by atoms with Gasteiger partial charge in [0, 0.05) is 7.11 Å². The van der Waals surface area contributed by atoms with E-state index in [2.05, 4.69) is 0 Å². The fourth-order valence-electron chi connectivity index (χ4n) is 1.24. The second-order valence-corrected chi connectivity index (χ2v) is 3.43. The van der Waals surface area contributed by atoms with Crippen molar-refractivity contribution in [2.24, 2.45) is 0 Å². The van der Waals surface area contributed by atoms with Crippen molar-refractivity contribution in [3.8, 4) is 5.75 Å². The lowest BCUT2D eigenvalue weighted by atomic mass is 10.2. The van der Waals surface area contributed by atoms with Gasteiger partial charge in [0.25, 0.3) is 0 Å². The molecule has 3 nitrogen and oxygen atoms in total. The van der Waals surface area contributed by atoms with Crippen molar-refractivity contribution in [2.45, 2.75) is 19.6 Å². The first-order valence-corrected chi connectivity index (χ1v) is 4.99. The Labute approximate surface area is 91.0 Å². The van der Waals surface area contributed by atoms with Crippen molar-refractivity contribution < 1.29 is 14.2 Å². The molecule has 0 spiro atoms. The van der Waals surface area contributed by atoms with E-state index >= 15 is 0 Å². The minimum atomic E-state index is 0.122. The van der Waals surface area contributed by atoms with Crippen LogP contribution in [0.2, 0.25) is 0 Å². The van der Waals surface area contributed by atoms with Gasteiger partial charge < -0.3 is 14.2 Å². The first kappa shape index (κ1) is 12.0. The van der Waals surface area contributed by atoms with Crippen LogP contribution in [0.15, 0.2) is 24.3 Å². The summed E-state index contributed by atoms with van der Waals surface area (Å²) in [7, 11) is 3.33. The molecule has 0 aliphatic rings. The predicted molar refractivity (Wildman–Crippen MR) is 59.1 cm³/mol. The number of benzene rings is 1. The molecule has 1 unspecified atom stereocenters. The van der Waals surface area contributed by atoms with Gasteiger partial charge in [0.05, 0.1) is 26.4 Å². The van der Waals surface area contributed by atoms with Gasteiger partial charge >= 0.3 is 0 Å². The van der Waals surface area contributed by atoms with E-state index in [9.17, 15) is 0 Å². The van der Waals surface area contributed by atoms with Crippen LogP contribution in [0.3, 0.4) is 0 Å². The third kappa shape index (κ3) is 4.32. The lowest BCUT2D eigenvalue weighted by Gasteiger charge is -2.11. The Morgan fingerprint density at radius 1 is 1.13 bits per heavy atom. The molecule has 0 radical (unpaired) electrons. The Morgan fingerprint density at radius 3 is 2.33 bits per heavy atom. The molecule has 84 valence electrons. The molecule has 0 saturated heterocycles. The highest BCUT2D eigenvalue weighted by molar-refractivity contribution is 5.26. The highest BCUT2D eigenvalue weighted by Gasteiger charge is 2.01. The second kappa shape index (κ2) is 6.43. The SMILES string of the molecule is COCC(C)OCc1ccc(OC)cc1. The largest absolute Gasteiger partial charge is 0.497 e. The standard InChI is InChI=1S/C12H18O3/c1-10(8-13-2)15-9-11-4-6-12(14-3)7-5-11/h4-7,10H,8-9H2,1-3H3.